The van der Waals surface area contributed by atoms with Crippen molar-refractivity contribution in [3.63, 3.8) is 0 Å². The van der Waals surface area contributed by atoms with Crippen molar-refractivity contribution in [1.29, 1.82) is 0 Å². The van der Waals surface area contributed by atoms with E-state index >= 15 is 0 Å². The van der Waals surface area contributed by atoms with Crippen LogP contribution in [0.2, 0.25) is 0 Å². The standard InChI is InChI=1S/C14H17FN2O3/c1-13(2)12(14(13,3)4)16-11(18)9-7-8(15)5-6-10(9)17(19)20/h5-7,12H,1-4H3,(H,16,18). The Hall–Kier alpha value is -1.98. The highest BCUT2D eigenvalue weighted by Crippen LogP contribution is 2.62. The molecule has 0 heterocycles. The van der Waals surface area contributed by atoms with Crippen molar-refractivity contribution in [1.82, 2.24) is 5.32 Å². The molecule has 5 nitrogen and oxygen atoms in total. The third-order valence-corrected chi connectivity index (χ3v) is 4.70. The van der Waals surface area contributed by atoms with Gasteiger partial charge in [-0.2, -0.15) is 0 Å². The molecule has 1 aliphatic rings. The zero-order valence-corrected chi connectivity index (χ0v) is 11.9. The monoisotopic (exact) mass is 280 g/mol. The van der Waals surface area contributed by atoms with E-state index in [0.29, 0.717) is 0 Å². The zero-order valence-electron chi connectivity index (χ0n) is 11.9. The van der Waals surface area contributed by atoms with Crippen LogP contribution in [0.3, 0.4) is 0 Å². The summed E-state index contributed by atoms with van der Waals surface area (Å²) in [4.78, 5) is 22.4. The Morgan fingerprint density at radius 2 is 1.85 bits per heavy atom. The number of nitro benzene ring substituents is 1. The van der Waals surface area contributed by atoms with Gasteiger partial charge in [0.15, 0.2) is 0 Å². The van der Waals surface area contributed by atoms with Crippen LogP contribution in [0.1, 0.15) is 38.1 Å². The predicted octanol–water partition coefficient (Wildman–Crippen LogP) is 2.90. The fraction of sp³-hybridized carbons (Fsp3) is 0.500. The van der Waals surface area contributed by atoms with E-state index < -0.39 is 16.6 Å². The van der Waals surface area contributed by atoms with Gasteiger partial charge in [-0.05, 0) is 23.0 Å². The fourth-order valence-corrected chi connectivity index (χ4v) is 2.62. The number of halogens is 1. The molecule has 108 valence electrons. The Kier molecular flexibility index (Phi) is 3.07. The molecule has 1 aliphatic carbocycles. The van der Waals surface area contributed by atoms with Crippen molar-refractivity contribution < 1.29 is 14.1 Å². The van der Waals surface area contributed by atoms with E-state index in [9.17, 15) is 19.3 Å². The SMILES string of the molecule is CC1(C)C(NC(=O)c2cc(F)ccc2[N+](=O)[O-])C1(C)C. The molecular weight excluding hydrogens is 263 g/mol. The molecule has 0 aromatic heterocycles. The number of nitro groups is 1. The van der Waals surface area contributed by atoms with Gasteiger partial charge in [-0.3, -0.25) is 14.9 Å². The summed E-state index contributed by atoms with van der Waals surface area (Å²) in [6.45, 7) is 8.05. The first kappa shape index (κ1) is 14.4. The van der Waals surface area contributed by atoms with Crippen molar-refractivity contribution in [2.24, 2.45) is 10.8 Å². The van der Waals surface area contributed by atoms with Crippen molar-refractivity contribution in [3.8, 4) is 0 Å². The normalized spacial score (nSPS) is 19.4. The molecule has 1 saturated carbocycles. The number of rotatable bonds is 3. The van der Waals surface area contributed by atoms with Crippen LogP contribution in [-0.4, -0.2) is 16.9 Å². The second-order valence-corrected chi connectivity index (χ2v) is 6.27. The van der Waals surface area contributed by atoms with Gasteiger partial charge in [-0.1, -0.05) is 27.7 Å². The van der Waals surface area contributed by atoms with Gasteiger partial charge in [0.2, 0.25) is 0 Å². The number of carbonyl (C=O) groups is 1. The van der Waals surface area contributed by atoms with Gasteiger partial charge in [0.1, 0.15) is 11.4 Å². The highest BCUT2D eigenvalue weighted by atomic mass is 19.1. The van der Waals surface area contributed by atoms with Crippen LogP contribution in [0.15, 0.2) is 18.2 Å². The summed E-state index contributed by atoms with van der Waals surface area (Å²) in [7, 11) is 0. The number of amides is 1. The molecule has 0 spiro atoms. The summed E-state index contributed by atoms with van der Waals surface area (Å²) in [5.74, 6) is -1.28. The third-order valence-electron chi connectivity index (χ3n) is 4.70. The highest BCUT2D eigenvalue weighted by Gasteiger charge is 2.65. The summed E-state index contributed by atoms with van der Waals surface area (Å²) in [6, 6.07) is 2.79. The maximum absolute atomic E-state index is 13.2. The molecule has 6 heteroatoms. The summed E-state index contributed by atoms with van der Waals surface area (Å²) >= 11 is 0. The third kappa shape index (κ3) is 2.05. The Bertz CT molecular complexity index is 582. The number of hydrogen-bond donors (Lipinski definition) is 1. The van der Waals surface area contributed by atoms with Gasteiger partial charge in [0.05, 0.1) is 4.92 Å². The molecule has 0 saturated heterocycles. The van der Waals surface area contributed by atoms with E-state index in [-0.39, 0.29) is 28.1 Å². The topological polar surface area (TPSA) is 72.2 Å². The molecule has 1 amide bonds. The summed E-state index contributed by atoms with van der Waals surface area (Å²) in [6.07, 6.45) is 0. The molecule has 1 aromatic rings. The van der Waals surface area contributed by atoms with E-state index in [1.54, 1.807) is 0 Å². The average Bonchev–Trinajstić information content (AvgIpc) is 2.71. The molecule has 0 aliphatic heterocycles. The van der Waals surface area contributed by atoms with Crippen LogP contribution in [0, 0.1) is 26.8 Å². The number of benzene rings is 1. The van der Waals surface area contributed by atoms with Crippen LogP contribution in [-0.2, 0) is 0 Å². The minimum absolute atomic E-state index is 0.0922. The van der Waals surface area contributed by atoms with Crippen molar-refractivity contribution >= 4 is 11.6 Å². The first-order valence-electron chi connectivity index (χ1n) is 6.34. The Morgan fingerprint density at radius 3 is 2.30 bits per heavy atom. The molecule has 0 atom stereocenters. The van der Waals surface area contributed by atoms with E-state index in [0.717, 1.165) is 18.2 Å². The summed E-state index contributed by atoms with van der Waals surface area (Å²) in [5, 5.41) is 13.7. The van der Waals surface area contributed by atoms with Crippen LogP contribution >= 0.6 is 0 Å². The van der Waals surface area contributed by atoms with Crippen LogP contribution in [0.4, 0.5) is 10.1 Å². The van der Waals surface area contributed by atoms with Gasteiger partial charge in [-0.15, -0.1) is 0 Å². The second-order valence-electron chi connectivity index (χ2n) is 6.27. The van der Waals surface area contributed by atoms with Gasteiger partial charge in [0.25, 0.3) is 11.6 Å². The second kappa shape index (κ2) is 4.26. The van der Waals surface area contributed by atoms with Crippen molar-refractivity contribution in [3.05, 3.63) is 39.7 Å². The fourth-order valence-electron chi connectivity index (χ4n) is 2.62. The maximum atomic E-state index is 13.2. The highest BCUT2D eigenvalue weighted by molar-refractivity contribution is 5.98. The lowest BCUT2D eigenvalue weighted by atomic mass is 10.0. The molecule has 0 bridgehead atoms. The Balaban J connectivity index is 2.27. The Morgan fingerprint density at radius 1 is 1.30 bits per heavy atom. The van der Waals surface area contributed by atoms with Gasteiger partial charge in [0, 0.05) is 12.1 Å². The van der Waals surface area contributed by atoms with E-state index in [2.05, 4.69) is 5.32 Å². The van der Waals surface area contributed by atoms with Crippen LogP contribution < -0.4 is 5.32 Å². The first-order valence-corrected chi connectivity index (χ1v) is 6.34. The summed E-state index contributed by atoms with van der Waals surface area (Å²) < 4.78 is 13.2. The minimum atomic E-state index is -0.683. The average molecular weight is 280 g/mol. The molecule has 1 fully saturated rings. The van der Waals surface area contributed by atoms with E-state index in [1.807, 2.05) is 27.7 Å². The molecule has 1 aromatic carbocycles. The summed E-state index contributed by atoms with van der Waals surface area (Å²) in [5.41, 5.74) is -0.816. The molecule has 1 N–H and O–H groups in total. The lowest BCUT2D eigenvalue weighted by Crippen LogP contribution is -2.30. The minimum Gasteiger partial charge on any atom is -0.348 e. The number of nitrogens with zero attached hydrogens (tertiary/aromatic N) is 1. The van der Waals surface area contributed by atoms with Gasteiger partial charge < -0.3 is 5.32 Å². The number of nitrogens with one attached hydrogen (secondary N) is 1. The smallest absolute Gasteiger partial charge is 0.282 e. The number of carbonyl (C=O) groups excluding carboxylic acids is 1. The zero-order chi connectivity index (χ0) is 15.3. The Labute approximate surface area is 116 Å². The molecule has 20 heavy (non-hydrogen) atoms. The molecular formula is C14H17FN2O3. The maximum Gasteiger partial charge on any atom is 0.282 e. The van der Waals surface area contributed by atoms with E-state index in [4.69, 9.17) is 0 Å². The van der Waals surface area contributed by atoms with E-state index in [1.165, 1.54) is 0 Å². The molecule has 0 unspecified atom stereocenters. The lowest BCUT2D eigenvalue weighted by molar-refractivity contribution is -0.385. The van der Waals surface area contributed by atoms with Crippen LogP contribution in [0.25, 0.3) is 0 Å². The largest absolute Gasteiger partial charge is 0.348 e. The molecule has 0 radical (unpaired) electrons. The van der Waals surface area contributed by atoms with Crippen LogP contribution in [0.5, 0.6) is 0 Å². The van der Waals surface area contributed by atoms with Gasteiger partial charge >= 0.3 is 0 Å². The first-order chi connectivity index (χ1) is 9.09. The predicted molar refractivity (Wildman–Crippen MR) is 71.9 cm³/mol. The number of hydrogen-bond acceptors (Lipinski definition) is 3. The lowest BCUT2D eigenvalue weighted by Gasteiger charge is -2.07. The molecule has 2 rings (SSSR count). The quantitative estimate of drug-likeness (QED) is 0.683. The van der Waals surface area contributed by atoms with Crippen molar-refractivity contribution in [2.45, 2.75) is 33.7 Å². The van der Waals surface area contributed by atoms with Crippen molar-refractivity contribution in [2.75, 3.05) is 0 Å². The van der Waals surface area contributed by atoms with Gasteiger partial charge in [-0.25, -0.2) is 4.39 Å².